The van der Waals surface area contributed by atoms with Crippen LogP contribution < -0.4 is 10.4 Å². The van der Waals surface area contributed by atoms with Gasteiger partial charge in [-0.25, -0.2) is 5.01 Å². The molecule has 0 unspecified atom stereocenters. The van der Waals surface area contributed by atoms with Crippen molar-refractivity contribution >= 4 is 35.2 Å². The number of anilines is 1. The van der Waals surface area contributed by atoms with E-state index in [1.807, 2.05) is 63.2 Å². The van der Waals surface area contributed by atoms with Crippen LogP contribution in [0.1, 0.15) is 22.5 Å². The number of aromatic nitrogens is 1. The van der Waals surface area contributed by atoms with Crippen LogP contribution in [0.4, 0.5) is 5.69 Å². The maximum Gasteiger partial charge on any atom is 0.282 e. The van der Waals surface area contributed by atoms with Crippen molar-refractivity contribution in [1.29, 1.82) is 0 Å². The van der Waals surface area contributed by atoms with Gasteiger partial charge in [-0.3, -0.25) is 15.0 Å². The van der Waals surface area contributed by atoms with Crippen molar-refractivity contribution in [3.05, 3.63) is 87.7 Å². The second-order valence-corrected chi connectivity index (χ2v) is 7.43. The van der Waals surface area contributed by atoms with E-state index in [0.29, 0.717) is 10.7 Å². The smallest absolute Gasteiger partial charge is 0.282 e. The van der Waals surface area contributed by atoms with Crippen molar-refractivity contribution in [2.75, 3.05) is 5.01 Å². The van der Waals surface area contributed by atoms with E-state index < -0.39 is 5.91 Å². The summed E-state index contributed by atoms with van der Waals surface area (Å²) in [5.74, 6) is -0.785. The predicted octanol–water partition coefficient (Wildman–Crippen LogP) is 4.52. The number of para-hydroxylation sites is 1. The summed E-state index contributed by atoms with van der Waals surface area (Å²) < 4.78 is 2.08. The van der Waals surface area contributed by atoms with Crippen molar-refractivity contribution < 1.29 is 9.59 Å². The Hall–Kier alpha value is -3.31. The van der Waals surface area contributed by atoms with Crippen LogP contribution in [0, 0.1) is 20.8 Å². The summed E-state index contributed by atoms with van der Waals surface area (Å²) in [5, 5.41) is 1.97. The molecule has 6 heteroatoms. The topological polar surface area (TPSA) is 54.3 Å². The third kappa shape index (κ3) is 3.23. The van der Waals surface area contributed by atoms with Gasteiger partial charge in [0, 0.05) is 22.1 Å². The quantitative estimate of drug-likeness (QED) is 0.514. The van der Waals surface area contributed by atoms with Gasteiger partial charge in [-0.15, -0.1) is 0 Å². The lowest BCUT2D eigenvalue weighted by molar-refractivity contribution is -0.117. The van der Waals surface area contributed by atoms with Gasteiger partial charge in [0.25, 0.3) is 11.8 Å². The number of nitrogens with one attached hydrogen (secondary N) is 1. The molecule has 0 saturated carbocycles. The van der Waals surface area contributed by atoms with E-state index >= 15 is 0 Å². The zero-order chi connectivity index (χ0) is 20.7. The van der Waals surface area contributed by atoms with Gasteiger partial charge in [-0.1, -0.05) is 35.9 Å². The Morgan fingerprint density at radius 1 is 0.966 bits per heavy atom. The normalized spacial score (nSPS) is 15.3. The Bertz CT molecular complexity index is 1160. The van der Waals surface area contributed by atoms with Crippen LogP contribution in [-0.4, -0.2) is 16.4 Å². The number of halogens is 1. The summed E-state index contributed by atoms with van der Waals surface area (Å²) in [5.41, 5.74) is 8.05. The number of hydrogen-bond donors (Lipinski definition) is 1. The first-order valence-corrected chi connectivity index (χ1v) is 9.63. The van der Waals surface area contributed by atoms with Gasteiger partial charge in [-0.05, 0) is 68.3 Å². The fourth-order valence-corrected chi connectivity index (χ4v) is 3.78. The Kier molecular flexibility index (Phi) is 4.76. The van der Waals surface area contributed by atoms with Gasteiger partial charge < -0.3 is 4.57 Å². The molecular weight excluding hydrogens is 386 g/mol. The number of amides is 2. The summed E-state index contributed by atoms with van der Waals surface area (Å²) in [6, 6.07) is 16.8. The molecule has 1 aliphatic heterocycles. The second kappa shape index (κ2) is 7.26. The van der Waals surface area contributed by atoms with Gasteiger partial charge in [0.15, 0.2) is 0 Å². The summed E-state index contributed by atoms with van der Waals surface area (Å²) >= 11 is 6.30. The number of hydrogen-bond acceptors (Lipinski definition) is 2. The van der Waals surface area contributed by atoms with E-state index in [1.165, 1.54) is 5.01 Å². The minimum atomic E-state index is -0.414. The SMILES string of the molecule is Cc1c(Cl)cccc1-n1c(C)cc(/C=C2/C(=O)NN(c3ccccc3)C2=O)c1C. The molecule has 5 nitrogen and oxygen atoms in total. The highest BCUT2D eigenvalue weighted by Gasteiger charge is 2.34. The molecule has 2 aromatic carbocycles. The van der Waals surface area contributed by atoms with E-state index in [-0.39, 0.29) is 11.5 Å². The van der Waals surface area contributed by atoms with Crippen LogP contribution in [0.15, 0.2) is 60.2 Å². The lowest BCUT2D eigenvalue weighted by Crippen LogP contribution is -2.35. The van der Waals surface area contributed by atoms with E-state index in [0.717, 1.165) is 28.2 Å². The zero-order valence-corrected chi connectivity index (χ0v) is 17.1. The highest BCUT2D eigenvalue weighted by Crippen LogP contribution is 2.29. The highest BCUT2D eigenvalue weighted by atomic mass is 35.5. The summed E-state index contributed by atoms with van der Waals surface area (Å²) in [7, 11) is 0. The maximum absolute atomic E-state index is 12.8. The molecule has 146 valence electrons. The molecule has 0 atom stereocenters. The monoisotopic (exact) mass is 405 g/mol. The molecule has 2 amide bonds. The van der Waals surface area contributed by atoms with Gasteiger partial charge in [0.05, 0.1) is 5.69 Å². The molecule has 29 heavy (non-hydrogen) atoms. The average molecular weight is 406 g/mol. The minimum Gasteiger partial charge on any atom is -0.318 e. The van der Waals surface area contributed by atoms with Crippen molar-refractivity contribution in [3.63, 3.8) is 0 Å². The van der Waals surface area contributed by atoms with Crippen molar-refractivity contribution in [3.8, 4) is 5.69 Å². The molecule has 0 aliphatic carbocycles. The van der Waals surface area contributed by atoms with Crippen molar-refractivity contribution in [1.82, 2.24) is 9.99 Å². The van der Waals surface area contributed by atoms with Crippen LogP contribution >= 0.6 is 11.6 Å². The molecule has 4 rings (SSSR count). The fraction of sp³-hybridized carbons (Fsp3) is 0.130. The maximum atomic E-state index is 12.8. The van der Waals surface area contributed by atoms with E-state index in [1.54, 1.807) is 18.2 Å². The number of nitrogens with zero attached hydrogens (tertiary/aromatic N) is 2. The number of benzene rings is 2. The highest BCUT2D eigenvalue weighted by molar-refractivity contribution is 6.32. The van der Waals surface area contributed by atoms with Crippen molar-refractivity contribution in [2.24, 2.45) is 0 Å². The zero-order valence-electron chi connectivity index (χ0n) is 16.4. The van der Waals surface area contributed by atoms with Gasteiger partial charge in [-0.2, -0.15) is 0 Å². The van der Waals surface area contributed by atoms with Crippen LogP contribution in [0.25, 0.3) is 11.8 Å². The molecule has 0 bridgehead atoms. The first-order valence-electron chi connectivity index (χ1n) is 9.25. The van der Waals surface area contributed by atoms with E-state index in [9.17, 15) is 9.59 Å². The molecule has 1 saturated heterocycles. The summed E-state index contributed by atoms with van der Waals surface area (Å²) in [6.07, 6.45) is 1.65. The molecule has 1 aliphatic rings. The standard InChI is InChI=1S/C23H20ClN3O2/c1-14-12-17(16(3)26(14)21-11-7-10-20(24)15(21)2)13-19-22(28)25-27(23(19)29)18-8-5-4-6-9-18/h4-13H,1-3H3,(H,25,28)/b19-13-. The minimum absolute atomic E-state index is 0.108. The van der Waals surface area contributed by atoms with Gasteiger partial charge in [0.2, 0.25) is 0 Å². The predicted molar refractivity (Wildman–Crippen MR) is 115 cm³/mol. The molecule has 1 N–H and O–H groups in total. The first kappa shape index (κ1) is 19.0. The Morgan fingerprint density at radius 3 is 2.41 bits per heavy atom. The Morgan fingerprint density at radius 2 is 1.69 bits per heavy atom. The number of carbonyl (C=O) groups excluding carboxylic acids is 2. The van der Waals surface area contributed by atoms with Gasteiger partial charge >= 0.3 is 0 Å². The number of rotatable bonds is 3. The van der Waals surface area contributed by atoms with Crippen LogP contribution in [0.2, 0.25) is 5.02 Å². The number of hydrazine groups is 1. The average Bonchev–Trinajstić information content (AvgIpc) is 3.15. The Balaban J connectivity index is 1.75. The van der Waals surface area contributed by atoms with Crippen LogP contribution in [0.3, 0.4) is 0 Å². The fourth-order valence-electron chi connectivity index (χ4n) is 3.61. The van der Waals surface area contributed by atoms with Gasteiger partial charge in [0.1, 0.15) is 5.57 Å². The largest absolute Gasteiger partial charge is 0.318 e. The number of carbonyl (C=O) groups is 2. The molecule has 3 aromatic rings. The first-order chi connectivity index (χ1) is 13.9. The van der Waals surface area contributed by atoms with E-state index in [4.69, 9.17) is 11.6 Å². The molecule has 2 heterocycles. The molecule has 1 aromatic heterocycles. The van der Waals surface area contributed by atoms with E-state index in [2.05, 4.69) is 9.99 Å². The lowest BCUT2D eigenvalue weighted by Gasteiger charge is -2.14. The number of aryl methyl sites for hydroxylation is 1. The molecule has 0 spiro atoms. The molecule has 1 fully saturated rings. The summed E-state index contributed by atoms with van der Waals surface area (Å²) in [6.45, 7) is 5.93. The second-order valence-electron chi connectivity index (χ2n) is 7.02. The van der Waals surface area contributed by atoms with Crippen LogP contribution in [0.5, 0.6) is 0 Å². The Labute approximate surface area is 174 Å². The van der Waals surface area contributed by atoms with Crippen molar-refractivity contribution in [2.45, 2.75) is 20.8 Å². The van der Waals surface area contributed by atoms with Crippen LogP contribution in [-0.2, 0) is 9.59 Å². The molecular formula is C23H20ClN3O2. The molecule has 0 radical (unpaired) electrons. The third-order valence-corrected chi connectivity index (χ3v) is 5.57. The summed E-state index contributed by atoms with van der Waals surface area (Å²) in [4.78, 5) is 25.3. The third-order valence-electron chi connectivity index (χ3n) is 5.16. The lowest BCUT2D eigenvalue weighted by atomic mass is 10.1.